The second-order valence-electron chi connectivity index (χ2n) is 12.5. The Kier molecular flexibility index (Phi) is 10.2. The average Bonchev–Trinajstić information content (AvgIpc) is 3.51. The van der Waals surface area contributed by atoms with E-state index in [1.807, 2.05) is 60.1 Å². The zero-order valence-corrected chi connectivity index (χ0v) is 31.3. The summed E-state index contributed by atoms with van der Waals surface area (Å²) < 4.78 is 2.52. The van der Waals surface area contributed by atoms with E-state index < -0.39 is 8.07 Å². The Labute approximate surface area is 301 Å². The fourth-order valence-corrected chi connectivity index (χ4v) is 7.95. The zero-order chi connectivity index (χ0) is 32.2. The van der Waals surface area contributed by atoms with E-state index in [2.05, 4.69) is 140 Å². The molecule has 237 valence electrons. The van der Waals surface area contributed by atoms with Crippen LogP contribution in [0.25, 0.3) is 64.9 Å². The predicted molar refractivity (Wildman–Crippen MR) is 204 cm³/mol. The molecule has 0 aliphatic rings. The smallest absolute Gasteiger partial charge is 0.0795 e. The van der Waals surface area contributed by atoms with Crippen LogP contribution in [0.15, 0.2) is 152 Å². The van der Waals surface area contributed by atoms with Gasteiger partial charge in [0.25, 0.3) is 0 Å². The Morgan fingerprint density at radius 2 is 1.27 bits per heavy atom. The van der Waals surface area contributed by atoms with Crippen molar-refractivity contribution in [2.45, 2.75) is 19.6 Å². The minimum atomic E-state index is -1.23. The van der Waals surface area contributed by atoms with Gasteiger partial charge in [-0.1, -0.05) is 116 Å². The number of rotatable bonds is 5. The van der Waals surface area contributed by atoms with Crippen molar-refractivity contribution in [2.24, 2.45) is 0 Å². The molecule has 5 heteroatoms. The number of hydrogen-bond donors (Lipinski definition) is 0. The van der Waals surface area contributed by atoms with Crippen LogP contribution < -0.4 is 5.19 Å². The van der Waals surface area contributed by atoms with Crippen molar-refractivity contribution in [2.75, 3.05) is 0 Å². The van der Waals surface area contributed by atoms with Crippen LogP contribution in [0.2, 0.25) is 19.6 Å². The first-order chi connectivity index (χ1) is 22.9. The molecule has 5 aromatic carbocycles. The number of nitrogens with zero attached hydrogens (tertiary/aromatic N) is 2. The summed E-state index contributed by atoms with van der Waals surface area (Å²) in [5.41, 5.74) is 8.94. The molecular weight excluding hydrogens is 797 g/mol. The molecule has 1 radical (unpaired) electrons. The molecule has 0 atom stereocenters. The summed E-state index contributed by atoms with van der Waals surface area (Å²) in [6, 6.07) is 55.1. The number of aromatic nitrogens is 2. The van der Waals surface area contributed by atoms with E-state index in [1.165, 1.54) is 47.6 Å². The summed E-state index contributed by atoms with van der Waals surface area (Å²) in [6.45, 7) is 7.00. The summed E-state index contributed by atoms with van der Waals surface area (Å²) in [4.78, 5) is 9.21. The Hall–Kier alpha value is -4.51. The molecule has 0 amide bonds. The van der Waals surface area contributed by atoms with Gasteiger partial charge in [0.05, 0.1) is 8.07 Å². The van der Waals surface area contributed by atoms with Crippen LogP contribution in [0, 0.1) is 12.1 Å². The van der Waals surface area contributed by atoms with Crippen LogP contribution in [-0.4, -0.2) is 18.0 Å². The summed E-state index contributed by atoms with van der Waals surface area (Å²) >= 11 is 1.82. The first-order valence-corrected chi connectivity index (χ1v) is 20.1. The molecule has 0 unspecified atom stereocenters. The molecule has 0 saturated heterocycles. The standard InChI is InChI=1S/C29H18NS.C14H16NSi.Ir/c1-3-8-20(9-4-1)22-14-15-24-25-12-7-13-26(29(25)31-28(24)19-22)27-18-23(16-17-30-27)21-10-5-2-6-11-21;1-16(2,3)13-9-10-14(15-11-13)12-7-5-4-6-8-12;/h1-12,14-19H;4-7,9-11H,1-3H3;/q2*-1;. The van der Waals surface area contributed by atoms with Gasteiger partial charge >= 0.3 is 0 Å². The summed E-state index contributed by atoms with van der Waals surface area (Å²) in [5, 5.41) is 3.95. The van der Waals surface area contributed by atoms with Crippen molar-refractivity contribution in [3.05, 3.63) is 164 Å². The first kappa shape index (κ1) is 33.4. The minimum absolute atomic E-state index is 0. The quantitative estimate of drug-likeness (QED) is 0.128. The van der Waals surface area contributed by atoms with Gasteiger partial charge in [-0.05, 0) is 61.0 Å². The van der Waals surface area contributed by atoms with Gasteiger partial charge in [0.2, 0.25) is 0 Å². The molecule has 0 spiro atoms. The normalized spacial score (nSPS) is 11.1. The fraction of sp³-hybridized carbons (Fsp3) is 0.0698. The zero-order valence-electron chi connectivity index (χ0n) is 27.1. The number of thiophene rings is 1. The van der Waals surface area contributed by atoms with Crippen LogP contribution in [0.3, 0.4) is 0 Å². The van der Waals surface area contributed by atoms with Gasteiger partial charge in [-0.3, -0.25) is 0 Å². The third-order valence-electron chi connectivity index (χ3n) is 8.28. The van der Waals surface area contributed by atoms with Crippen molar-refractivity contribution in [3.63, 3.8) is 0 Å². The molecule has 0 bridgehead atoms. The van der Waals surface area contributed by atoms with Crippen molar-refractivity contribution in [1.29, 1.82) is 0 Å². The second kappa shape index (κ2) is 14.7. The van der Waals surface area contributed by atoms with Gasteiger partial charge in [0.1, 0.15) is 0 Å². The summed E-state index contributed by atoms with van der Waals surface area (Å²) in [7, 11) is -1.23. The van der Waals surface area contributed by atoms with Crippen molar-refractivity contribution >= 4 is 44.8 Å². The molecular formula is C43H34IrN2SSi-2. The molecule has 8 aromatic rings. The molecule has 2 nitrogen and oxygen atoms in total. The second-order valence-corrected chi connectivity index (χ2v) is 18.7. The fourth-order valence-electron chi connectivity index (χ4n) is 5.67. The Bertz CT molecular complexity index is 2260. The average molecular weight is 831 g/mol. The molecule has 3 heterocycles. The van der Waals surface area contributed by atoms with E-state index in [-0.39, 0.29) is 20.1 Å². The molecule has 0 aliphatic carbocycles. The van der Waals surface area contributed by atoms with Crippen LogP contribution in [-0.2, 0) is 20.1 Å². The van der Waals surface area contributed by atoms with E-state index in [0.29, 0.717) is 0 Å². The van der Waals surface area contributed by atoms with Crippen LogP contribution in [0.4, 0.5) is 0 Å². The van der Waals surface area contributed by atoms with Gasteiger partial charge in [0.15, 0.2) is 0 Å². The largest absolute Gasteiger partial charge is 0.305 e. The molecule has 3 aromatic heterocycles. The predicted octanol–water partition coefficient (Wildman–Crippen LogP) is 11.3. The van der Waals surface area contributed by atoms with Gasteiger partial charge in [-0.25, -0.2) is 0 Å². The van der Waals surface area contributed by atoms with E-state index >= 15 is 0 Å². The maximum absolute atomic E-state index is 4.70. The van der Waals surface area contributed by atoms with Crippen molar-refractivity contribution in [3.8, 4) is 44.8 Å². The monoisotopic (exact) mass is 831 g/mol. The van der Waals surface area contributed by atoms with Gasteiger partial charge in [0, 0.05) is 37.2 Å². The molecule has 48 heavy (non-hydrogen) atoms. The SMILES string of the molecule is C[Si](C)(C)c1ccc(-c2[c-]cccc2)nc1.[Ir].[c-]1ccc2c(sc3cc(-c4ccccc4)ccc32)c1-c1cc(-c2ccccc2)ccn1. The Balaban J connectivity index is 0.000000201. The third-order valence-corrected chi connectivity index (χ3v) is 11.5. The minimum Gasteiger partial charge on any atom is -0.305 e. The topological polar surface area (TPSA) is 25.8 Å². The van der Waals surface area contributed by atoms with E-state index in [1.54, 1.807) is 0 Å². The van der Waals surface area contributed by atoms with E-state index in [9.17, 15) is 0 Å². The molecule has 8 rings (SSSR count). The Morgan fingerprint density at radius 1 is 0.562 bits per heavy atom. The molecule has 0 N–H and O–H groups in total. The summed E-state index contributed by atoms with van der Waals surface area (Å²) in [5.74, 6) is 0. The van der Waals surface area contributed by atoms with E-state index in [4.69, 9.17) is 4.98 Å². The molecule has 0 saturated carbocycles. The maximum atomic E-state index is 4.70. The van der Waals surface area contributed by atoms with Crippen LogP contribution in [0.5, 0.6) is 0 Å². The van der Waals surface area contributed by atoms with E-state index in [0.717, 1.165) is 22.5 Å². The molecule has 0 aliphatic heterocycles. The summed E-state index contributed by atoms with van der Waals surface area (Å²) in [6.07, 6.45) is 3.91. The van der Waals surface area contributed by atoms with Gasteiger partial charge in [-0.15, -0.1) is 59.7 Å². The molecule has 0 fully saturated rings. The van der Waals surface area contributed by atoms with Crippen molar-refractivity contribution < 1.29 is 20.1 Å². The van der Waals surface area contributed by atoms with Crippen molar-refractivity contribution in [1.82, 2.24) is 9.97 Å². The number of benzene rings is 5. The number of hydrogen-bond acceptors (Lipinski definition) is 3. The van der Waals surface area contributed by atoms with Crippen LogP contribution in [0.1, 0.15) is 0 Å². The number of fused-ring (bicyclic) bond motifs is 3. The first-order valence-electron chi connectivity index (χ1n) is 15.8. The van der Waals surface area contributed by atoms with Crippen LogP contribution >= 0.6 is 11.3 Å². The maximum Gasteiger partial charge on any atom is 0.0795 e. The van der Waals surface area contributed by atoms with Gasteiger partial charge < -0.3 is 9.97 Å². The Morgan fingerprint density at radius 3 is 1.92 bits per heavy atom. The third kappa shape index (κ3) is 7.30. The number of pyridine rings is 2. The van der Waals surface area contributed by atoms with Gasteiger partial charge in [-0.2, -0.15) is 11.3 Å².